The summed E-state index contributed by atoms with van der Waals surface area (Å²) in [6.45, 7) is 6.94. The number of sulfonamides is 1. The number of amides is 2. The van der Waals surface area contributed by atoms with Crippen molar-refractivity contribution in [3.8, 4) is 0 Å². The maximum Gasteiger partial charge on any atom is 0.238 e. The molecule has 0 unspecified atom stereocenters. The van der Waals surface area contributed by atoms with E-state index in [4.69, 9.17) is 5.14 Å². The summed E-state index contributed by atoms with van der Waals surface area (Å²) in [4.78, 5) is 25.2. The fraction of sp³-hybridized carbons (Fsp3) is 0.529. The van der Waals surface area contributed by atoms with Crippen molar-refractivity contribution in [3.05, 3.63) is 29.8 Å². The highest BCUT2D eigenvalue weighted by atomic mass is 32.2. The molecule has 0 radical (unpaired) electrons. The van der Waals surface area contributed by atoms with E-state index in [-0.39, 0.29) is 23.1 Å². The molecule has 0 heterocycles. The van der Waals surface area contributed by atoms with Crippen LogP contribution in [0.1, 0.15) is 32.8 Å². The molecule has 0 fully saturated rings. The van der Waals surface area contributed by atoms with Gasteiger partial charge < -0.3 is 10.2 Å². The molecule has 0 atom stereocenters. The number of hydrogen-bond donors (Lipinski definition) is 2. The predicted molar refractivity (Wildman–Crippen MR) is 96.2 cm³/mol. The summed E-state index contributed by atoms with van der Waals surface area (Å²) in [5.41, 5.74) is 0.892. The Balaban J connectivity index is 2.53. The van der Waals surface area contributed by atoms with E-state index in [1.54, 1.807) is 17.0 Å². The Morgan fingerprint density at radius 3 is 2.24 bits per heavy atom. The molecule has 0 spiro atoms. The van der Waals surface area contributed by atoms with Gasteiger partial charge in [0.1, 0.15) is 0 Å². The van der Waals surface area contributed by atoms with E-state index in [9.17, 15) is 18.0 Å². The number of nitrogens with zero attached hydrogens (tertiary/aromatic N) is 1. The van der Waals surface area contributed by atoms with Gasteiger partial charge in [-0.1, -0.05) is 26.0 Å². The molecule has 0 saturated heterocycles. The topological polar surface area (TPSA) is 110 Å². The third-order valence-electron chi connectivity index (χ3n) is 3.68. The molecule has 1 rings (SSSR count). The minimum Gasteiger partial charge on any atom is -0.356 e. The van der Waals surface area contributed by atoms with Crippen LogP contribution in [-0.2, 0) is 26.0 Å². The second-order valence-corrected chi connectivity index (χ2v) is 7.95. The van der Waals surface area contributed by atoms with Gasteiger partial charge in [-0.15, -0.1) is 0 Å². The molecule has 0 aromatic heterocycles. The Kier molecular flexibility index (Phi) is 8.05. The van der Waals surface area contributed by atoms with Crippen LogP contribution in [0.4, 0.5) is 0 Å². The van der Waals surface area contributed by atoms with Crippen molar-refractivity contribution >= 4 is 21.8 Å². The lowest BCUT2D eigenvalue weighted by molar-refractivity contribution is -0.129. The van der Waals surface area contributed by atoms with Gasteiger partial charge in [0.25, 0.3) is 0 Å². The molecule has 0 aliphatic rings. The van der Waals surface area contributed by atoms with Gasteiger partial charge in [0.2, 0.25) is 21.8 Å². The molecule has 8 heteroatoms. The van der Waals surface area contributed by atoms with Crippen molar-refractivity contribution in [1.29, 1.82) is 0 Å². The molecular weight excluding hydrogens is 342 g/mol. The van der Waals surface area contributed by atoms with E-state index in [2.05, 4.69) is 5.32 Å². The lowest BCUT2D eigenvalue weighted by atomic mass is 10.1. The van der Waals surface area contributed by atoms with Crippen LogP contribution >= 0.6 is 0 Å². The first kappa shape index (κ1) is 21.1. The van der Waals surface area contributed by atoms with Gasteiger partial charge in [0, 0.05) is 33.0 Å². The van der Waals surface area contributed by atoms with Crippen LogP contribution in [0.3, 0.4) is 0 Å². The molecule has 7 nitrogen and oxygen atoms in total. The van der Waals surface area contributed by atoms with Crippen LogP contribution in [0.5, 0.6) is 0 Å². The summed E-state index contributed by atoms with van der Waals surface area (Å²) in [6, 6.07) is 6.24. The second-order valence-electron chi connectivity index (χ2n) is 6.39. The number of carbonyl (C=O) groups excluding carboxylic acids is 2. The van der Waals surface area contributed by atoms with Crippen LogP contribution in [0.25, 0.3) is 0 Å². The third kappa shape index (κ3) is 8.13. The van der Waals surface area contributed by atoms with Crippen molar-refractivity contribution in [2.75, 3.05) is 19.6 Å². The van der Waals surface area contributed by atoms with Crippen molar-refractivity contribution in [1.82, 2.24) is 10.2 Å². The maximum atomic E-state index is 11.8. The average molecular weight is 369 g/mol. The number of rotatable bonds is 9. The minimum atomic E-state index is -3.70. The summed E-state index contributed by atoms with van der Waals surface area (Å²) in [7, 11) is -3.70. The molecule has 1 aromatic carbocycles. The molecule has 1 aromatic rings. The van der Waals surface area contributed by atoms with Crippen molar-refractivity contribution in [2.45, 2.75) is 38.5 Å². The molecule has 0 aliphatic heterocycles. The monoisotopic (exact) mass is 369 g/mol. The number of nitrogens with one attached hydrogen (secondary N) is 1. The molecule has 25 heavy (non-hydrogen) atoms. The molecule has 0 aliphatic carbocycles. The fourth-order valence-electron chi connectivity index (χ4n) is 2.18. The smallest absolute Gasteiger partial charge is 0.238 e. The number of carbonyl (C=O) groups is 2. The molecule has 2 amide bonds. The first-order valence-electron chi connectivity index (χ1n) is 8.23. The quantitative estimate of drug-likeness (QED) is 0.673. The molecular formula is C17H27N3O4S. The standard InChI is InChI=1S/C17H27N3O4S/c1-13(2)12-19-17(22)9-11-20(14(3)21)10-8-15-4-6-16(7-5-15)25(18,23)24/h4-7,13H,8-12H2,1-3H3,(H,19,22)(H2,18,23,24). The summed E-state index contributed by atoms with van der Waals surface area (Å²) in [5, 5.41) is 7.89. The second kappa shape index (κ2) is 9.53. The van der Waals surface area contributed by atoms with Crippen molar-refractivity contribution in [3.63, 3.8) is 0 Å². The normalized spacial score (nSPS) is 11.4. The lowest BCUT2D eigenvalue weighted by Gasteiger charge is -2.21. The predicted octanol–water partition coefficient (Wildman–Crippen LogP) is 0.887. The molecule has 3 N–H and O–H groups in total. The zero-order chi connectivity index (χ0) is 19.0. The molecule has 0 bridgehead atoms. The highest BCUT2D eigenvalue weighted by Gasteiger charge is 2.12. The summed E-state index contributed by atoms with van der Waals surface area (Å²) in [5.74, 6) is 0.212. The third-order valence-corrected chi connectivity index (χ3v) is 4.61. The minimum absolute atomic E-state index is 0.0569. The van der Waals surface area contributed by atoms with Gasteiger partial charge in [0.05, 0.1) is 4.90 Å². The Morgan fingerprint density at radius 2 is 1.76 bits per heavy atom. The number of hydrogen-bond acceptors (Lipinski definition) is 4. The largest absolute Gasteiger partial charge is 0.356 e. The van der Waals surface area contributed by atoms with Crippen LogP contribution in [0.15, 0.2) is 29.2 Å². The average Bonchev–Trinajstić information content (AvgIpc) is 2.52. The zero-order valence-corrected chi connectivity index (χ0v) is 15.8. The van der Waals surface area contributed by atoms with E-state index < -0.39 is 10.0 Å². The van der Waals surface area contributed by atoms with Crippen molar-refractivity contribution < 1.29 is 18.0 Å². The molecule has 140 valence electrons. The lowest BCUT2D eigenvalue weighted by Crippen LogP contribution is -2.36. The van der Waals surface area contributed by atoms with Gasteiger partial charge in [-0.3, -0.25) is 9.59 Å². The number of nitrogens with two attached hydrogens (primary N) is 1. The van der Waals surface area contributed by atoms with Gasteiger partial charge in [-0.05, 0) is 30.0 Å². The zero-order valence-electron chi connectivity index (χ0n) is 15.0. The Labute approximate surface area is 149 Å². The summed E-state index contributed by atoms with van der Waals surface area (Å²) >= 11 is 0. The van der Waals surface area contributed by atoms with Crippen LogP contribution in [-0.4, -0.2) is 44.8 Å². The Morgan fingerprint density at radius 1 is 1.16 bits per heavy atom. The van der Waals surface area contributed by atoms with Gasteiger partial charge in [-0.2, -0.15) is 0 Å². The van der Waals surface area contributed by atoms with E-state index >= 15 is 0 Å². The van der Waals surface area contributed by atoms with E-state index in [1.165, 1.54) is 19.1 Å². The molecule has 0 saturated carbocycles. The SMILES string of the molecule is CC(=O)N(CCC(=O)NCC(C)C)CCc1ccc(S(N)(=O)=O)cc1. The van der Waals surface area contributed by atoms with Crippen LogP contribution in [0.2, 0.25) is 0 Å². The van der Waals surface area contributed by atoms with Crippen LogP contribution < -0.4 is 10.5 Å². The number of primary sulfonamides is 1. The van der Waals surface area contributed by atoms with E-state index in [0.29, 0.717) is 32.0 Å². The van der Waals surface area contributed by atoms with Crippen molar-refractivity contribution in [2.24, 2.45) is 11.1 Å². The highest BCUT2D eigenvalue weighted by molar-refractivity contribution is 7.89. The van der Waals surface area contributed by atoms with Gasteiger partial charge in [-0.25, -0.2) is 13.6 Å². The first-order chi connectivity index (χ1) is 11.6. The van der Waals surface area contributed by atoms with Gasteiger partial charge in [0.15, 0.2) is 0 Å². The van der Waals surface area contributed by atoms with Gasteiger partial charge >= 0.3 is 0 Å². The summed E-state index contributed by atoms with van der Waals surface area (Å²) < 4.78 is 22.5. The highest BCUT2D eigenvalue weighted by Crippen LogP contribution is 2.10. The van der Waals surface area contributed by atoms with E-state index in [0.717, 1.165) is 5.56 Å². The Bertz CT molecular complexity index is 684. The maximum absolute atomic E-state index is 11.8. The first-order valence-corrected chi connectivity index (χ1v) is 9.78. The van der Waals surface area contributed by atoms with E-state index in [1.807, 2.05) is 13.8 Å². The summed E-state index contributed by atoms with van der Waals surface area (Å²) in [6.07, 6.45) is 0.828. The Hall–Kier alpha value is -1.93. The number of benzene rings is 1. The fourth-order valence-corrected chi connectivity index (χ4v) is 2.69. The van der Waals surface area contributed by atoms with Crippen LogP contribution in [0, 0.1) is 5.92 Å².